The quantitative estimate of drug-likeness (QED) is 0.417. The van der Waals surface area contributed by atoms with Gasteiger partial charge in [-0.3, -0.25) is 4.79 Å². The fraction of sp³-hybridized carbons (Fsp3) is 0.520. The molecule has 174 valence electrons. The van der Waals surface area contributed by atoms with Gasteiger partial charge in [-0.1, -0.05) is 39.0 Å². The van der Waals surface area contributed by atoms with E-state index in [1.165, 1.54) is 0 Å². The Bertz CT molecular complexity index is 977. The van der Waals surface area contributed by atoms with Gasteiger partial charge in [0.05, 0.1) is 17.3 Å². The van der Waals surface area contributed by atoms with Crippen molar-refractivity contribution < 1.29 is 18.8 Å². The van der Waals surface area contributed by atoms with Gasteiger partial charge in [0.2, 0.25) is 0 Å². The lowest BCUT2D eigenvalue weighted by Crippen LogP contribution is -2.57. The molecule has 7 heteroatoms. The number of ether oxygens (including phenoxy) is 1. The van der Waals surface area contributed by atoms with E-state index in [0.29, 0.717) is 17.7 Å². The number of anilines is 1. The molecule has 0 bridgehead atoms. The van der Waals surface area contributed by atoms with Crippen molar-refractivity contribution >= 4 is 26.0 Å². The predicted octanol–water partition coefficient (Wildman–Crippen LogP) is 5.91. The Kier molecular flexibility index (Phi) is 6.46. The normalized spacial score (nSPS) is 21.0. The number of hydrogen-bond donors (Lipinski definition) is 0. The van der Waals surface area contributed by atoms with Crippen LogP contribution in [0.3, 0.4) is 0 Å². The van der Waals surface area contributed by atoms with Gasteiger partial charge in [0, 0.05) is 6.20 Å². The first-order chi connectivity index (χ1) is 14.8. The predicted molar refractivity (Wildman–Crippen MR) is 130 cm³/mol. The van der Waals surface area contributed by atoms with Crippen molar-refractivity contribution in [1.29, 1.82) is 0 Å². The van der Waals surface area contributed by atoms with E-state index in [-0.39, 0.29) is 23.6 Å². The summed E-state index contributed by atoms with van der Waals surface area (Å²) in [7, 11) is -2.31. The lowest BCUT2D eigenvalue weighted by molar-refractivity contribution is 0.0589. The van der Waals surface area contributed by atoms with E-state index in [2.05, 4.69) is 40.4 Å². The fourth-order valence-corrected chi connectivity index (χ4v) is 5.11. The van der Waals surface area contributed by atoms with Gasteiger partial charge in [0.25, 0.3) is 5.91 Å². The molecule has 0 fully saturated rings. The molecule has 2 atom stereocenters. The Morgan fingerprint density at radius 2 is 1.84 bits per heavy atom. The van der Waals surface area contributed by atoms with Gasteiger partial charge in [0.1, 0.15) is 6.61 Å². The summed E-state index contributed by atoms with van der Waals surface area (Å²) < 4.78 is 12.4. The number of carbonyl (C=O) groups is 2. The highest BCUT2D eigenvalue weighted by molar-refractivity contribution is 6.74. The van der Waals surface area contributed by atoms with Crippen molar-refractivity contribution in [2.45, 2.75) is 78.4 Å². The molecule has 2 amide bonds. The number of rotatable bonds is 4. The first-order valence-corrected chi connectivity index (χ1v) is 14.0. The zero-order chi connectivity index (χ0) is 24.0. The van der Waals surface area contributed by atoms with Crippen molar-refractivity contribution in [3.63, 3.8) is 0 Å². The Balaban J connectivity index is 2.24. The summed E-state index contributed by atoms with van der Waals surface area (Å²) in [5.41, 5.74) is 4.10. The van der Waals surface area contributed by atoms with E-state index < -0.39 is 20.6 Å². The number of hydrogen-bond acceptors (Lipinski definition) is 4. The van der Waals surface area contributed by atoms with Crippen LogP contribution in [0.15, 0.2) is 36.6 Å². The van der Waals surface area contributed by atoms with E-state index in [1.54, 1.807) is 15.9 Å². The number of aryl methyl sites for hydroxylation is 2. The molecule has 0 N–H and O–H groups in total. The van der Waals surface area contributed by atoms with Crippen LogP contribution in [0.2, 0.25) is 18.1 Å². The van der Waals surface area contributed by atoms with E-state index in [0.717, 1.165) is 16.7 Å². The Labute approximate surface area is 193 Å². The summed E-state index contributed by atoms with van der Waals surface area (Å²) in [6, 6.07) is 3.45. The number of carbonyl (C=O) groups excluding carboxylic acids is 2. The Morgan fingerprint density at radius 3 is 2.44 bits per heavy atom. The van der Waals surface area contributed by atoms with Crippen LogP contribution in [0.4, 0.5) is 10.5 Å². The summed E-state index contributed by atoms with van der Waals surface area (Å²) in [6.07, 6.45) is 2.89. The molecular formula is C25H36N2O4Si. The minimum Gasteiger partial charge on any atom is -0.445 e. The maximum atomic E-state index is 13.7. The molecular weight excluding hydrogens is 420 g/mol. The lowest BCUT2D eigenvalue weighted by Gasteiger charge is -2.44. The summed E-state index contributed by atoms with van der Waals surface area (Å²) >= 11 is 0. The second kappa shape index (κ2) is 8.52. The molecule has 0 unspecified atom stereocenters. The van der Waals surface area contributed by atoms with Crippen LogP contribution in [-0.4, -0.2) is 44.1 Å². The Morgan fingerprint density at radius 1 is 1.22 bits per heavy atom. The molecule has 32 heavy (non-hydrogen) atoms. The first kappa shape index (κ1) is 24.3. The smallest absolute Gasteiger partial charge is 0.416 e. The molecule has 2 heterocycles. The number of benzene rings is 1. The summed E-state index contributed by atoms with van der Waals surface area (Å²) in [5.74, 6) is -0.118. The first-order valence-electron chi connectivity index (χ1n) is 11.1. The molecule has 0 aliphatic carbocycles. The highest BCUT2D eigenvalue weighted by atomic mass is 28.4. The maximum absolute atomic E-state index is 13.7. The molecule has 0 aromatic heterocycles. The molecule has 6 nitrogen and oxygen atoms in total. The maximum Gasteiger partial charge on any atom is 0.416 e. The summed E-state index contributed by atoms with van der Waals surface area (Å²) in [4.78, 5) is 30.4. The van der Waals surface area contributed by atoms with Gasteiger partial charge in [-0.15, -0.1) is 0 Å². The van der Waals surface area contributed by atoms with Crippen LogP contribution in [0.25, 0.3) is 0 Å². The second-order valence-corrected chi connectivity index (χ2v) is 15.2. The average molecular weight is 457 g/mol. The highest BCUT2D eigenvalue weighted by Gasteiger charge is 2.50. The highest BCUT2D eigenvalue weighted by Crippen LogP contribution is 2.43. The third-order valence-corrected chi connectivity index (χ3v) is 11.4. The van der Waals surface area contributed by atoms with Gasteiger partial charge in [-0.25, -0.2) is 9.69 Å². The van der Waals surface area contributed by atoms with Gasteiger partial charge in [-0.05, 0) is 68.6 Å². The van der Waals surface area contributed by atoms with Gasteiger partial charge >= 0.3 is 6.09 Å². The summed E-state index contributed by atoms with van der Waals surface area (Å²) in [6.45, 7) is 20.5. The molecule has 0 spiro atoms. The lowest BCUT2D eigenvalue weighted by atomic mass is 10.0. The van der Waals surface area contributed by atoms with Crippen LogP contribution >= 0.6 is 0 Å². The average Bonchev–Trinajstić information content (AvgIpc) is 3.05. The zero-order valence-electron chi connectivity index (χ0n) is 20.6. The molecule has 1 aromatic carbocycles. The number of nitrogens with zero attached hydrogens (tertiary/aromatic N) is 2. The van der Waals surface area contributed by atoms with Crippen LogP contribution in [-0.2, 0) is 9.16 Å². The fourth-order valence-electron chi connectivity index (χ4n) is 3.89. The zero-order valence-corrected chi connectivity index (χ0v) is 21.6. The molecule has 2 aliphatic heterocycles. The third kappa shape index (κ3) is 4.28. The van der Waals surface area contributed by atoms with Crippen LogP contribution in [0.1, 0.15) is 55.6 Å². The SMILES string of the molecule is C=CCOC(=O)N1c2cc(C)c(C)cc2C(=O)N2C=C(C)C[C@H]2[C@@H]1O[Si](C)(C)C(C)(C)C. The van der Waals surface area contributed by atoms with Crippen LogP contribution < -0.4 is 4.90 Å². The Hall–Kier alpha value is -2.38. The minimum atomic E-state index is -2.31. The van der Waals surface area contributed by atoms with Gasteiger partial charge in [0.15, 0.2) is 14.5 Å². The van der Waals surface area contributed by atoms with Crippen molar-refractivity contribution in [2.24, 2.45) is 0 Å². The van der Waals surface area contributed by atoms with Gasteiger partial charge < -0.3 is 14.1 Å². The second-order valence-electron chi connectivity index (χ2n) is 10.4. The largest absolute Gasteiger partial charge is 0.445 e. The topological polar surface area (TPSA) is 59.1 Å². The van der Waals surface area contributed by atoms with E-state index in [4.69, 9.17) is 9.16 Å². The van der Waals surface area contributed by atoms with Gasteiger partial charge in [-0.2, -0.15) is 0 Å². The van der Waals surface area contributed by atoms with Crippen LogP contribution in [0, 0.1) is 13.8 Å². The monoisotopic (exact) mass is 456 g/mol. The molecule has 0 saturated heterocycles. The van der Waals surface area contributed by atoms with Crippen molar-refractivity contribution in [3.8, 4) is 0 Å². The van der Waals surface area contributed by atoms with E-state index in [1.807, 2.05) is 39.1 Å². The van der Waals surface area contributed by atoms with E-state index >= 15 is 0 Å². The molecule has 0 saturated carbocycles. The molecule has 1 aromatic rings. The minimum absolute atomic E-state index is 0.0715. The standard InChI is InChI=1S/C25H36N2O4Si/c1-10-11-30-24(29)27-20-14-18(4)17(3)13-19(20)22(28)26-15-16(2)12-21(26)23(27)31-32(8,9)25(5,6)7/h10,13-15,21,23H,1,11-12H2,2-9H3/t21-,23-/m0/s1. The third-order valence-electron chi connectivity index (χ3n) is 6.91. The summed E-state index contributed by atoms with van der Waals surface area (Å²) in [5, 5.41) is -0.0715. The van der Waals surface area contributed by atoms with Crippen molar-refractivity contribution in [2.75, 3.05) is 11.5 Å². The van der Waals surface area contributed by atoms with E-state index in [9.17, 15) is 9.59 Å². The molecule has 0 radical (unpaired) electrons. The molecule has 2 aliphatic rings. The number of amides is 2. The number of fused-ring (bicyclic) bond motifs is 2. The van der Waals surface area contributed by atoms with Crippen molar-refractivity contribution in [3.05, 3.63) is 53.3 Å². The molecule has 3 rings (SSSR count). The van der Waals surface area contributed by atoms with Crippen molar-refractivity contribution in [1.82, 2.24) is 4.90 Å². The van der Waals surface area contributed by atoms with Crippen LogP contribution in [0.5, 0.6) is 0 Å².